The van der Waals surface area contributed by atoms with E-state index in [0.29, 0.717) is 19.5 Å². The molecule has 1 saturated heterocycles. The number of carbonyl (C=O) groups is 2. The second kappa shape index (κ2) is 4.95. The van der Waals surface area contributed by atoms with Gasteiger partial charge in [0, 0.05) is 18.7 Å². The molecule has 5 heteroatoms. The highest BCUT2D eigenvalue weighted by Crippen LogP contribution is 2.08. The van der Waals surface area contributed by atoms with Crippen molar-refractivity contribution in [3.05, 3.63) is 35.6 Å². The minimum atomic E-state index is -0.449. The van der Waals surface area contributed by atoms with Gasteiger partial charge in [0.15, 0.2) is 0 Å². The summed E-state index contributed by atoms with van der Waals surface area (Å²) in [5.41, 5.74) is 0.278. The Bertz CT molecular complexity index is 448. The molecule has 0 aromatic heterocycles. The predicted octanol–water partition coefficient (Wildman–Crippen LogP) is 0.788. The first kappa shape index (κ1) is 11.6. The average molecular weight is 236 g/mol. The van der Waals surface area contributed by atoms with E-state index in [9.17, 15) is 14.0 Å². The highest BCUT2D eigenvalue weighted by Gasteiger charge is 2.20. The zero-order valence-electron chi connectivity index (χ0n) is 9.28. The van der Waals surface area contributed by atoms with Gasteiger partial charge in [-0.25, -0.2) is 4.39 Å². The quantitative estimate of drug-likeness (QED) is 0.783. The van der Waals surface area contributed by atoms with Gasteiger partial charge in [-0.15, -0.1) is 0 Å². The number of hydrogen-bond donors (Lipinski definition) is 1. The molecule has 1 fully saturated rings. The van der Waals surface area contributed by atoms with E-state index in [-0.39, 0.29) is 23.9 Å². The minimum Gasteiger partial charge on any atom is -0.354 e. The summed E-state index contributed by atoms with van der Waals surface area (Å²) in [4.78, 5) is 24.8. The van der Waals surface area contributed by atoms with Gasteiger partial charge in [0.2, 0.25) is 5.91 Å². The molecule has 2 amide bonds. The van der Waals surface area contributed by atoms with Gasteiger partial charge in [-0.05, 0) is 24.6 Å². The smallest absolute Gasteiger partial charge is 0.254 e. The predicted molar refractivity (Wildman–Crippen MR) is 59.9 cm³/mol. The van der Waals surface area contributed by atoms with Crippen LogP contribution in [0.3, 0.4) is 0 Å². The SMILES string of the molecule is O=C1CN(C(=O)c2cccc(F)c2)CCCN1. The lowest BCUT2D eigenvalue weighted by Crippen LogP contribution is -2.37. The lowest BCUT2D eigenvalue weighted by molar-refractivity contribution is -0.121. The molecule has 0 atom stereocenters. The van der Waals surface area contributed by atoms with Gasteiger partial charge < -0.3 is 10.2 Å². The van der Waals surface area contributed by atoms with E-state index < -0.39 is 5.82 Å². The van der Waals surface area contributed by atoms with Crippen LogP contribution in [0.2, 0.25) is 0 Å². The summed E-state index contributed by atoms with van der Waals surface area (Å²) >= 11 is 0. The van der Waals surface area contributed by atoms with Crippen LogP contribution < -0.4 is 5.32 Å². The molecular weight excluding hydrogens is 223 g/mol. The second-order valence-corrected chi connectivity index (χ2v) is 3.94. The van der Waals surface area contributed by atoms with E-state index in [4.69, 9.17) is 0 Å². The van der Waals surface area contributed by atoms with E-state index in [1.807, 2.05) is 0 Å². The summed E-state index contributed by atoms with van der Waals surface area (Å²) < 4.78 is 13.0. The first-order chi connectivity index (χ1) is 8.16. The lowest BCUT2D eigenvalue weighted by Gasteiger charge is -2.18. The third-order valence-corrected chi connectivity index (χ3v) is 2.62. The van der Waals surface area contributed by atoms with Crippen molar-refractivity contribution in [1.29, 1.82) is 0 Å². The molecule has 1 N–H and O–H groups in total. The Morgan fingerprint density at radius 3 is 3.00 bits per heavy atom. The molecule has 1 aliphatic rings. The van der Waals surface area contributed by atoms with Crippen molar-refractivity contribution >= 4 is 11.8 Å². The molecule has 1 aromatic rings. The Hall–Kier alpha value is -1.91. The monoisotopic (exact) mass is 236 g/mol. The van der Waals surface area contributed by atoms with Gasteiger partial charge in [-0.1, -0.05) is 6.07 Å². The van der Waals surface area contributed by atoms with Crippen LogP contribution in [0.25, 0.3) is 0 Å². The van der Waals surface area contributed by atoms with Crippen LogP contribution in [0.15, 0.2) is 24.3 Å². The number of halogens is 1. The van der Waals surface area contributed by atoms with Crippen LogP contribution in [0.4, 0.5) is 4.39 Å². The fraction of sp³-hybridized carbons (Fsp3) is 0.333. The summed E-state index contributed by atoms with van der Waals surface area (Å²) in [5.74, 6) is -0.927. The summed E-state index contributed by atoms with van der Waals surface area (Å²) in [5, 5.41) is 2.69. The van der Waals surface area contributed by atoms with E-state index in [1.165, 1.54) is 23.1 Å². The van der Waals surface area contributed by atoms with Crippen molar-refractivity contribution < 1.29 is 14.0 Å². The number of nitrogens with one attached hydrogen (secondary N) is 1. The van der Waals surface area contributed by atoms with E-state index >= 15 is 0 Å². The van der Waals surface area contributed by atoms with Crippen LogP contribution in [0.5, 0.6) is 0 Å². The largest absolute Gasteiger partial charge is 0.354 e. The molecule has 1 aromatic carbocycles. The first-order valence-electron chi connectivity index (χ1n) is 5.48. The molecule has 1 aliphatic heterocycles. The number of rotatable bonds is 1. The number of hydrogen-bond acceptors (Lipinski definition) is 2. The molecule has 0 aliphatic carbocycles. The maximum Gasteiger partial charge on any atom is 0.254 e. The average Bonchev–Trinajstić information content (AvgIpc) is 2.53. The van der Waals surface area contributed by atoms with Crippen molar-refractivity contribution in [2.24, 2.45) is 0 Å². The van der Waals surface area contributed by atoms with Gasteiger partial charge in [-0.3, -0.25) is 9.59 Å². The Kier molecular flexibility index (Phi) is 3.37. The zero-order chi connectivity index (χ0) is 12.3. The molecule has 0 saturated carbocycles. The fourth-order valence-corrected chi connectivity index (χ4v) is 1.78. The standard InChI is InChI=1S/C12H13FN2O2/c13-10-4-1-3-9(7-10)12(17)15-6-2-5-14-11(16)8-15/h1,3-4,7H,2,5-6,8H2,(H,14,16). The van der Waals surface area contributed by atoms with Crippen molar-refractivity contribution in [2.75, 3.05) is 19.6 Å². The van der Waals surface area contributed by atoms with Crippen LogP contribution in [-0.4, -0.2) is 36.3 Å². The molecular formula is C12H13FN2O2. The second-order valence-electron chi connectivity index (χ2n) is 3.94. The molecule has 1 heterocycles. The van der Waals surface area contributed by atoms with Gasteiger partial charge >= 0.3 is 0 Å². The third-order valence-electron chi connectivity index (χ3n) is 2.62. The number of amides is 2. The van der Waals surface area contributed by atoms with Gasteiger partial charge in [-0.2, -0.15) is 0 Å². The summed E-state index contributed by atoms with van der Waals surface area (Å²) in [7, 11) is 0. The van der Waals surface area contributed by atoms with Crippen molar-refractivity contribution in [2.45, 2.75) is 6.42 Å². The number of benzene rings is 1. The Balaban J connectivity index is 2.16. The first-order valence-corrected chi connectivity index (χ1v) is 5.48. The van der Waals surface area contributed by atoms with Gasteiger partial charge in [0.05, 0.1) is 6.54 Å². The summed E-state index contributed by atoms with van der Waals surface area (Å²) in [6, 6.07) is 5.51. The van der Waals surface area contributed by atoms with Crippen LogP contribution >= 0.6 is 0 Å². The molecule has 0 unspecified atom stereocenters. The normalized spacial score (nSPS) is 16.3. The molecule has 90 valence electrons. The Morgan fingerprint density at radius 1 is 1.41 bits per heavy atom. The Morgan fingerprint density at radius 2 is 2.24 bits per heavy atom. The van der Waals surface area contributed by atoms with E-state index in [1.54, 1.807) is 6.07 Å². The minimum absolute atomic E-state index is 0.0371. The van der Waals surface area contributed by atoms with Gasteiger partial charge in [0.25, 0.3) is 5.91 Å². The Labute approximate surface area is 98.4 Å². The maximum atomic E-state index is 13.0. The molecule has 0 spiro atoms. The lowest BCUT2D eigenvalue weighted by atomic mass is 10.2. The van der Waals surface area contributed by atoms with Crippen molar-refractivity contribution in [1.82, 2.24) is 10.2 Å². The highest BCUT2D eigenvalue weighted by atomic mass is 19.1. The van der Waals surface area contributed by atoms with Crippen molar-refractivity contribution in [3.63, 3.8) is 0 Å². The zero-order valence-corrected chi connectivity index (χ0v) is 9.28. The molecule has 4 nitrogen and oxygen atoms in total. The van der Waals surface area contributed by atoms with E-state index in [0.717, 1.165) is 0 Å². The third kappa shape index (κ3) is 2.81. The van der Waals surface area contributed by atoms with E-state index in [2.05, 4.69) is 5.32 Å². The maximum absolute atomic E-state index is 13.0. The summed E-state index contributed by atoms with van der Waals surface area (Å²) in [6.45, 7) is 1.12. The highest BCUT2D eigenvalue weighted by molar-refractivity contribution is 5.96. The van der Waals surface area contributed by atoms with Crippen molar-refractivity contribution in [3.8, 4) is 0 Å². The molecule has 17 heavy (non-hydrogen) atoms. The molecule has 0 radical (unpaired) electrons. The molecule has 0 bridgehead atoms. The number of nitrogens with zero attached hydrogens (tertiary/aromatic N) is 1. The topological polar surface area (TPSA) is 49.4 Å². The number of carbonyl (C=O) groups excluding carboxylic acids is 2. The summed E-state index contributed by atoms with van der Waals surface area (Å²) in [6.07, 6.45) is 0.715. The van der Waals surface area contributed by atoms with Crippen LogP contribution in [-0.2, 0) is 4.79 Å². The van der Waals surface area contributed by atoms with Crippen LogP contribution in [0, 0.1) is 5.82 Å². The van der Waals surface area contributed by atoms with Gasteiger partial charge in [0.1, 0.15) is 5.82 Å². The van der Waals surface area contributed by atoms with Crippen LogP contribution in [0.1, 0.15) is 16.8 Å². The molecule has 2 rings (SSSR count). The fourth-order valence-electron chi connectivity index (χ4n) is 1.78.